The van der Waals surface area contributed by atoms with Crippen molar-refractivity contribution in [1.82, 2.24) is 0 Å². The fourth-order valence-corrected chi connectivity index (χ4v) is 2.23. The quantitative estimate of drug-likeness (QED) is 0.462. The van der Waals surface area contributed by atoms with E-state index in [1.807, 2.05) is 6.07 Å². The van der Waals surface area contributed by atoms with Gasteiger partial charge in [0.05, 0.1) is 17.5 Å². The molecule has 0 aromatic heterocycles. The van der Waals surface area contributed by atoms with Gasteiger partial charge in [-0.3, -0.25) is 9.59 Å². The predicted molar refractivity (Wildman–Crippen MR) is 87.0 cm³/mol. The van der Waals surface area contributed by atoms with Crippen LogP contribution in [0.1, 0.15) is 22.3 Å². The van der Waals surface area contributed by atoms with Crippen LogP contribution in [-0.4, -0.2) is 22.6 Å². The SMILES string of the molecule is N#Cc1ccc(Br)cc1Oc1ccccc1C(=O)CC(=O)C(=O)O. The van der Waals surface area contributed by atoms with Crippen LogP contribution in [0.3, 0.4) is 0 Å². The van der Waals surface area contributed by atoms with E-state index < -0.39 is 24.0 Å². The molecule has 2 rings (SSSR count). The number of carbonyl (C=O) groups is 3. The highest BCUT2D eigenvalue weighted by atomic mass is 79.9. The van der Waals surface area contributed by atoms with Gasteiger partial charge in [-0.1, -0.05) is 28.1 Å². The number of carbonyl (C=O) groups excluding carboxylic acids is 2. The van der Waals surface area contributed by atoms with Gasteiger partial charge >= 0.3 is 5.97 Å². The Hall–Kier alpha value is -2.98. The summed E-state index contributed by atoms with van der Waals surface area (Å²) >= 11 is 3.27. The van der Waals surface area contributed by atoms with Crippen molar-refractivity contribution in [2.75, 3.05) is 0 Å². The van der Waals surface area contributed by atoms with E-state index in [0.717, 1.165) is 0 Å². The van der Waals surface area contributed by atoms with Crippen LogP contribution in [0.15, 0.2) is 46.9 Å². The molecule has 120 valence electrons. The van der Waals surface area contributed by atoms with Crippen LogP contribution in [0.2, 0.25) is 0 Å². The summed E-state index contributed by atoms with van der Waals surface area (Å²) in [5.41, 5.74) is 0.332. The Morgan fingerprint density at radius 1 is 1.12 bits per heavy atom. The third kappa shape index (κ3) is 4.06. The molecule has 0 aliphatic rings. The van der Waals surface area contributed by atoms with E-state index >= 15 is 0 Å². The van der Waals surface area contributed by atoms with Gasteiger partial charge in [-0.15, -0.1) is 0 Å². The number of hydrogen-bond acceptors (Lipinski definition) is 5. The first-order valence-corrected chi connectivity index (χ1v) is 7.47. The van der Waals surface area contributed by atoms with Crippen LogP contribution >= 0.6 is 15.9 Å². The number of benzene rings is 2. The van der Waals surface area contributed by atoms with Crippen molar-refractivity contribution in [2.24, 2.45) is 0 Å². The summed E-state index contributed by atoms with van der Waals surface area (Å²) in [4.78, 5) is 34.0. The predicted octanol–water partition coefficient (Wildman–Crippen LogP) is 3.34. The van der Waals surface area contributed by atoms with Gasteiger partial charge in [0.25, 0.3) is 0 Å². The first kappa shape index (κ1) is 17.4. The highest BCUT2D eigenvalue weighted by molar-refractivity contribution is 9.10. The Morgan fingerprint density at radius 3 is 2.50 bits per heavy atom. The van der Waals surface area contributed by atoms with E-state index in [1.165, 1.54) is 12.1 Å². The number of carboxylic acid groups (broad SMARTS) is 1. The van der Waals surface area contributed by atoms with E-state index in [2.05, 4.69) is 15.9 Å². The van der Waals surface area contributed by atoms with Crippen molar-refractivity contribution in [3.05, 3.63) is 58.1 Å². The first-order chi connectivity index (χ1) is 11.4. The number of rotatable bonds is 6. The maximum atomic E-state index is 12.2. The Bertz CT molecular complexity index is 870. The summed E-state index contributed by atoms with van der Waals surface area (Å²) in [6.07, 6.45) is -0.765. The molecule has 0 bridgehead atoms. The number of aliphatic carboxylic acids is 1. The zero-order valence-electron chi connectivity index (χ0n) is 12.2. The second-order valence-corrected chi connectivity index (χ2v) is 5.59. The minimum absolute atomic E-state index is 0.0657. The molecular weight excluding hydrogens is 378 g/mol. The smallest absolute Gasteiger partial charge is 0.372 e. The molecule has 24 heavy (non-hydrogen) atoms. The maximum Gasteiger partial charge on any atom is 0.372 e. The molecule has 0 aliphatic heterocycles. The van der Waals surface area contributed by atoms with Gasteiger partial charge < -0.3 is 9.84 Å². The number of nitrogens with zero attached hydrogens (tertiary/aromatic N) is 1. The lowest BCUT2D eigenvalue weighted by Gasteiger charge is -2.11. The Balaban J connectivity index is 2.35. The number of para-hydroxylation sites is 1. The number of Topliss-reactive ketones (excluding diaryl/α,β-unsaturated/α-hetero) is 2. The van der Waals surface area contributed by atoms with Crippen molar-refractivity contribution in [1.29, 1.82) is 5.26 Å². The van der Waals surface area contributed by atoms with Gasteiger partial charge in [-0.25, -0.2) is 4.79 Å². The number of hydrogen-bond donors (Lipinski definition) is 1. The largest absolute Gasteiger partial charge is 0.475 e. The number of halogens is 1. The maximum absolute atomic E-state index is 12.2. The van der Waals surface area contributed by atoms with E-state index in [-0.39, 0.29) is 22.6 Å². The van der Waals surface area contributed by atoms with Gasteiger partial charge in [0.15, 0.2) is 5.78 Å². The highest BCUT2D eigenvalue weighted by Crippen LogP contribution is 2.30. The molecule has 0 atom stereocenters. The van der Waals surface area contributed by atoms with Crippen molar-refractivity contribution < 1.29 is 24.2 Å². The van der Waals surface area contributed by atoms with Crippen LogP contribution in [0.25, 0.3) is 0 Å². The Kier molecular flexibility index (Phi) is 5.45. The van der Waals surface area contributed by atoms with Crippen molar-refractivity contribution in [3.63, 3.8) is 0 Å². The van der Waals surface area contributed by atoms with E-state index in [4.69, 9.17) is 15.1 Å². The van der Waals surface area contributed by atoms with Crippen LogP contribution in [0, 0.1) is 11.3 Å². The van der Waals surface area contributed by atoms with E-state index in [0.29, 0.717) is 4.47 Å². The number of ether oxygens (including phenoxy) is 1. The number of carboxylic acids is 1. The van der Waals surface area contributed by atoms with Gasteiger partial charge in [0, 0.05) is 4.47 Å². The van der Waals surface area contributed by atoms with Gasteiger partial charge in [0.1, 0.15) is 17.6 Å². The topological polar surface area (TPSA) is 104 Å². The normalized spacial score (nSPS) is 9.83. The van der Waals surface area contributed by atoms with Crippen LogP contribution in [0.4, 0.5) is 0 Å². The number of ketones is 2. The average molecular weight is 388 g/mol. The molecular formula is C17H10BrNO5. The van der Waals surface area contributed by atoms with Crippen LogP contribution in [0.5, 0.6) is 11.5 Å². The molecule has 0 saturated carbocycles. The second kappa shape index (κ2) is 7.53. The van der Waals surface area contributed by atoms with Crippen LogP contribution in [-0.2, 0) is 9.59 Å². The lowest BCUT2D eigenvalue weighted by Crippen LogP contribution is -2.17. The molecule has 0 radical (unpaired) electrons. The fourth-order valence-electron chi connectivity index (χ4n) is 1.89. The van der Waals surface area contributed by atoms with Crippen molar-refractivity contribution in [2.45, 2.75) is 6.42 Å². The van der Waals surface area contributed by atoms with E-state index in [9.17, 15) is 14.4 Å². The minimum Gasteiger partial charge on any atom is -0.475 e. The molecule has 0 saturated heterocycles. The minimum atomic E-state index is -1.67. The molecule has 0 unspecified atom stereocenters. The first-order valence-electron chi connectivity index (χ1n) is 6.68. The standard InChI is InChI=1S/C17H10BrNO5/c18-11-6-5-10(9-19)16(7-11)24-15-4-2-1-3-12(15)13(20)8-14(21)17(22)23/h1-7H,8H2,(H,22,23). The third-order valence-corrected chi connectivity index (χ3v) is 3.52. The zero-order valence-corrected chi connectivity index (χ0v) is 13.7. The molecule has 6 nitrogen and oxygen atoms in total. The highest BCUT2D eigenvalue weighted by Gasteiger charge is 2.21. The van der Waals surface area contributed by atoms with Gasteiger partial charge in [-0.05, 0) is 30.3 Å². The second-order valence-electron chi connectivity index (χ2n) is 4.68. The molecule has 2 aromatic rings. The third-order valence-electron chi connectivity index (χ3n) is 3.03. The Morgan fingerprint density at radius 2 is 1.83 bits per heavy atom. The summed E-state index contributed by atoms with van der Waals surface area (Å²) in [7, 11) is 0. The van der Waals surface area contributed by atoms with Gasteiger partial charge in [-0.2, -0.15) is 5.26 Å². The Labute approximate surface area is 145 Å². The summed E-state index contributed by atoms with van der Waals surface area (Å²) in [5, 5.41) is 17.7. The molecule has 0 aliphatic carbocycles. The molecule has 1 N–H and O–H groups in total. The van der Waals surface area contributed by atoms with Crippen LogP contribution < -0.4 is 4.74 Å². The monoisotopic (exact) mass is 387 g/mol. The van der Waals surface area contributed by atoms with Crippen molar-refractivity contribution in [3.8, 4) is 17.6 Å². The van der Waals surface area contributed by atoms with Gasteiger partial charge in [0.2, 0.25) is 5.78 Å². The van der Waals surface area contributed by atoms with Crippen molar-refractivity contribution >= 4 is 33.5 Å². The molecule has 0 amide bonds. The summed E-state index contributed by atoms with van der Waals surface area (Å²) in [6, 6.07) is 12.9. The zero-order chi connectivity index (χ0) is 17.7. The molecule has 0 spiro atoms. The lowest BCUT2D eigenvalue weighted by atomic mass is 10.0. The fraction of sp³-hybridized carbons (Fsp3) is 0.0588. The molecule has 0 heterocycles. The molecule has 0 fully saturated rings. The summed E-state index contributed by atoms with van der Waals surface area (Å²) in [6.45, 7) is 0. The lowest BCUT2D eigenvalue weighted by molar-refractivity contribution is -0.148. The summed E-state index contributed by atoms with van der Waals surface area (Å²) in [5.74, 6) is -3.17. The number of nitriles is 1. The molecule has 2 aromatic carbocycles. The average Bonchev–Trinajstić information content (AvgIpc) is 2.55. The molecule has 7 heteroatoms. The summed E-state index contributed by atoms with van der Waals surface area (Å²) < 4.78 is 6.33. The van der Waals surface area contributed by atoms with E-state index in [1.54, 1.807) is 30.3 Å².